The van der Waals surface area contributed by atoms with Crippen LogP contribution in [0.5, 0.6) is 0 Å². The summed E-state index contributed by atoms with van der Waals surface area (Å²) in [6, 6.07) is -1.49. The van der Waals surface area contributed by atoms with Gasteiger partial charge in [0.15, 0.2) is 0 Å². The Morgan fingerprint density at radius 1 is 1.04 bits per heavy atom. The maximum Gasteiger partial charge on any atom is 0.408 e. The Balaban J connectivity index is 5.25. The van der Waals surface area contributed by atoms with Crippen molar-refractivity contribution in [2.45, 2.75) is 78.7 Å². The molecule has 0 aliphatic rings. The first-order valence-electron chi connectivity index (χ1n) is 7.53. The van der Waals surface area contributed by atoms with Gasteiger partial charge in [-0.15, -0.1) is 0 Å². The molecule has 0 saturated carbocycles. The summed E-state index contributed by atoms with van der Waals surface area (Å²) >= 11 is 0. The van der Waals surface area contributed by atoms with Crippen LogP contribution in [-0.4, -0.2) is 35.3 Å². The maximum atomic E-state index is 12.4. The van der Waals surface area contributed by atoms with Gasteiger partial charge in [-0.2, -0.15) is 0 Å². The Labute approximate surface area is 137 Å². The van der Waals surface area contributed by atoms with Gasteiger partial charge in [0.25, 0.3) is 0 Å². The summed E-state index contributed by atoms with van der Waals surface area (Å²) in [7, 11) is 0. The largest absolute Gasteiger partial charge is 0.458 e. The number of hydrogen-bond acceptors (Lipinski definition) is 5. The second-order valence-electron chi connectivity index (χ2n) is 7.46. The van der Waals surface area contributed by atoms with Crippen molar-refractivity contribution in [3.8, 4) is 0 Å². The average Bonchev–Trinajstić information content (AvgIpc) is 2.30. The molecule has 23 heavy (non-hydrogen) atoms. The van der Waals surface area contributed by atoms with Crippen molar-refractivity contribution in [1.29, 1.82) is 0 Å². The number of carbonyl (C=O) groups is 2. The number of hydrogen-bond donors (Lipinski definition) is 1. The fourth-order valence-corrected chi connectivity index (χ4v) is 1.67. The second-order valence-corrected chi connectivity index (χ2v) is 7.46. The predicted octanol–water partition coefficient (Wildman–Crippen LogP) is 3.56. The molecule has 8 heteroatoms. The highest BCUT2D eigenvalue weighted by molar-refractivity contribution is 5.82. The van der Waals surface area contributed by atoms with Gasteiger partial charge in [-0.3, -0.25) is 0 Å². The molecule has 1 unspecified atom stereocenters. The second kappa shape index (κ2) is 8.06. The van der Waals surface area contributed by atoms with Gasteiger partial charge in [-0.05, 0) is 53.0 Å². The molecule has 132 valence electrons. The van der Waals surface area contributed by atoms with Crippen LogP contribution in [0.15, 0.2) is 5.11 Å². The van der Waals surface area contributed by atoms with Crippen molar-refractivity contribution >= 4 is 12.1 Å². The molecule has 0 spiro atoms. The van der Waals surface area contributed by atoms with Crippen molar-refractivity contribution in [3.05, 3.63) is 10.4 Å². The van der Waals surface area contributed by atoms with Crippen LogP contribution >= 0.6 is 0 Å². The van der Waals surface area contributed by atoms with Crippen molar-refractivity contribution in [2.24, 2.45) is 11.0 Å². The fraction of sp³-hybridized carbons (Fsp3) is 0.867. The highest BCUT2D eigenvalue weighted by Gasteiger charge is 2.34. The van der Waals surface area contributed by atoms with Gasteiger partial charge < -0.3 is 14.8 Å². The fourth-order valence-electron chi connectivity index (χ4n) is 1.67. The highest BCUT2D eigenvalue weighted by atomic mass is 16.6. The standard InChI is InChI=1S/C15H28N4O4/c1-9(10(2)18-19-16)11(12(20)22-14(3,4)5)17-13(21)23-15(6,7)8/h9-11H,1-8H3,(H,17,21)/t9-,10-,11?/m0/s1. The van der Waals surface area contributed by atoms with E-state index in [1.165, 1.54) is 0 Å². The van der Waals surface area contributed by atoms with E-state index in [1.54, 1.807) is 55.4 Å². The average molecular weight is 328 g/mol. The van der Waals surface area contributed by atoms with E-state index in [0.717, 1.165) is 0 Å². The van der Waals surface area contributed by atoms with Crippen molar-refractivity contribution in [3.63, 3.8) is 0 Å². The zero-order valence-electron chi connectivity index (χ0n) is 15.2. The number of nitrogens with one attached hydrogen (secondary N) is 1. The molecule has 0 bridgehead atoms. The molecule has 0 fully saturated rings. The summed E-state index contributed by atoms with van der Waals surface area (Å²) in [4.78, 5) is 27.1. The molecular formula is C15H28N4O4. The van der Waals surface area contributed by atoms with Crippen LogP contribution in [0.4, 0.5) is 4.79 Å². The first-order chi connectivity index (χ1) is 10.3. The van der Waals surface area contributed by atoms with E-state index in [1.807, 2.05) is 0 Å². The lowest BCUT2D eigenvalue weighted by Crippen LogP contribution is -2.51. The van der Waals surface area contributed by atoms with Crippen LogP contribution in [-0.2, 0) is 14.3 Å². The smallest absolute Gasteiger partial charge is 0.408 e. The summed E-state index contributed by atoms with van der Waals surface area (Å²) in [6.45, 7) is 13.7. The molecule has 1 amide bonds. The molecule has 3 atom stereocenters. The minimum absolute atomic E-state index is 0.465. The van der Waals surface area contributed by atoms with Crippen LogP contribution in [0.1, 0.15) is 55.4 Å². The third-order valence-corrected chi connectivity index (χ3v) is 2.85. The SMILES string of the molecule is C[C@H](N=[N+]=[N-])[C@H](C)C(NC(=O)OC(C)(C)C)C(=O)OC(C)(C)C. The van der Waals surface area contributed by atoms with Gasteiger partial charge in [0.05, 0.1) is 0 Å². The van der Waals surface area contributed by atoms with E-state index in [4.69, 9.17) is 15.0 Å². The van der Waals surface area contributed by atoms with Crippen LogP contribution in [0, 0.1) is 5.92 Å². The normalized spacial score (nSPS) is 15.7. The molecule has 0 aliphatic carbocycles. The Kier molecular flexibility index (Phi) is 7.37. The maximum absolute atomic E-state index is 12.4. The van der Waals surface area contributed by atoms with Gasteiger partial charge in [0.2, 0.25) is 0 Å². The zero-order chi connectivity index (χ0) is 18.4. The van der Waals surface area contributed by atoms with E-state index in [-0.39, 0.29) is 0 Å². The summed E-state index contributed by atoms with van der Waals surface area (Å²) in [6.07, 6.45) is -0.728. The third kappa shape index (κ3) is 8.93. The van der Waals surface area contributed by atoms with Gasteiger partial charge >= 0.3 is 12.1 Å². The topological polar surface area (TPSA) is 113 Å². The minimum atomic E-state index is -0.982. The predicted molar refractivity (Wildman–Crippen MR) is 86.8 cm³/mol. The Morgan fingerprint density at radius 2 is 1.52 bits per heavy atom. The molecule has 0 aromatic heterocycles. The van der Waals surface area contributed by atoms with Gasteiger partial charge in [-0.1, -0.05) is 19.0 Å². The number of carbonyl (C=O) groups excluding carboxylic acids is 2. The number of alkyl carbamates (subject to hydrolysis) is 1. The first kappa shape index (κ1) is 21.0. The molecule has 0 saturated heterocycles. The van der Waals surface area contributed by atoms with Crippen molar-refractivity contribution in [2.75, 3.05) is 0 Å². The summed E-state index contributed by atoms with van der Waals surface area (Å²) in [5.41, 5.74) is 7.16. The van der Waals surface area contributed by atoms with E-state index in [0.29, 0.717) is 0 Å². The van der Waals surface area contributed by atoms with E-state index in [2.05, 4.69) is 15.3 Å². The molecule has 8 nitrogen and oxygen atoms in total. The first-order valence-corrected chi connectivity index (χ1v) is 7.53. The molecule has 0 aromatic carbocycles. The molecule has 0 aromatic rings. The molecule has 1 N–H and O–H groups in total. The minimum Gasteiger partial charge on any atom is -0.458 e. The number of rotatable bonds is 5. The molecule has 0 radical (unpaired) electrons. The van der Waals surface area contributed by atoms with Crippen LogP contribution in [0.25, 0.3) is 10.4 Å². The zero-order valence-corrected chi connectivity index (χ0v) is 15.2. The van der Waals surface area contributed by atoms with E-state index in [9.17, 15) is 9.59 Å². The lowest BCUT2D eigenvalue weighted by Gasteiger charge is -2.30. The van der Waals surface area contributed by atoms with E-state index >= 15 is 0 Å². The van der Waals surface area contributed by atoms with Crippen molar-refractivity contribution < 1.29 is 19.1 Å². The Bertz CT molecular complexity index is 473. The number of azide groups is 1. The van der Waals surface area contributed by atoms with E-state index < -0.39 is 41.3 Å². The quantitative estimate of drug-likeness (QED) is 0.359. The van der Waals surface area contributed by atoms with Gasteiger partial charge in [-0.25, -0.2) is 9.59 Å². The Morgan fingerprint density at radius 3 is 1.91 bits per heavy atom. The number of nitrogens with zero attached hydrogens (tertiary/aromatic N) is 3. The summed E-state index contributed by atoms with van der Waals surface area (Å²) in [5, 5.41) is 6.10. The number of amides is 1. The monoisotopic (exact) mass is 328 g/mol. The molecule has 0 aliphatic heterocycles. The third-order valence-electron chi connectivity index (χ3n) is 2.85. The van der Waals surface area contributed by atoms with Gasteiger partial charge in [0, 0.05) is 11.0 Å². The lowest BCUT2D eigenvalue weighted by atomic mass is 9.95. The van der Waals surface area contributed by atoms with Crippen LogP contribution in [0.2, 0.25) is 0 Å². The Hall–Kier alpha value is -1.95. The summed E-state index contributed by atoms with van der Waals surface area (Å²) < 4.78 is 10.5. The summed E-state index contributed by atoms with van der Waals surface area (Å²) in [5.74, 6) is -1.07. The molecule has 0 heterocycles. The van der Waals surface area contributed by atoms with Crippen LogP contribution < -0.4 is 5.32 Å². The van der Waals surface area contributed by atoms with Gasteiger partial charge in [0.1, 0.15) is 17.2 Å². The molecule has 0 rings (SSSR count). The number of esters is 1. The lowest BCUT2D eigenvalue weighted by molar-refractivity contribution is -0.159. The van der Waals surface area contributed by atoms with Crippen LogP contribution in [0.3, 0.4) is 0 Å². The molecular weight excluding hydrogens is 300 g/mol. The van der Waals surface area contributed by atoms with Crippen molar-refractivity contribution in [1.82, 2.24) is 5.32 Å². The highest BCUT2D eigenvalue weighted by Crippen LogP contribution is 2.18. The number of ether oxygens (including phenoxy) is 2.